The van der Waals surface area contributed by atoms with Crippen molar-refractivity contribution in [2.75, 3.05) is 13.2 Å². The van der Waals surface area contributed by atoms with Crippen LogP contribution in [0.5, 0.6) is 5.75 Å². The maximum absolute atomic E-state index is 5.43. The van der Waals surface area contributed by atoms with Crippen molar-refractivity contribution >= 4 is 0 Å². The lowest BCUT2D eigenvalue weighted by Crippen LogP contribution is -2.10. The van der Waals surface area contributed by atoms with E-state index in [9.17, 15) is 0 Å². The number of benzene rings is 1. The van der Waals surface area contributed by atoms with Gasteiger partial charge in [-0.1, -0.05) is 24.8 Å². The van der Waals surface area contributed by atoms with Gasteiger partial charge in [-0.15, -0.1) is 5.73 Å². The first-order valence-corrected chi connectivity index (χ1v) is 4.12. The monoisotopic (exact) mass is 175 g/mol. The average molecular weight is 175 g/mol. The summed E-state index contributed by atoms with van der Waals surface area (Å²) in [4.78, 5) is 0. The SMILES string of the molecule is C=C=C(CN)COc1ccccc1. The van der Waals surface area contributed by atoms with Crippen LogP contribution in [0.4, 0.5) is 0 Å². The highest BCUT2D eigenvalue weighted by molar-refractivity contribution is 5.21. The molecular formula is C11H13NO. The zero-order valence-corrected chi connectivity index (χ0v) is 7.49. The highest BCUT2D eigenvalue weighted by Gasteiger charge is 1.94. The van der Waals surface area contributed by atoms with Gasteiger partial charge in [0.05, 0.1) is 0 Å². The lowest BCUT2D eigenvalue weighted by molar-refractivity contribution is 0.350. The van der Waals surface area contributed by atoms with Gasteiger partial charge in [0.1, 0.15) is 12.4 Å². The molecule has 0 amide bonds. The van der Waals surface area contributed by atoms with E-state index in [2.05, 4.69) is 12.3 Å². The number of ether oxygens (including phenoxy) is 1. The third-order valence-electron chi connectivity index (χ3n) is 1.65. The topological polar surface area (TPSA) is 35.2 Å². The van der Waals surface area contributed by atoms with Crippen LogP contribution in [0.2, 0.25) is 0 Å². The summed E-state index contributed by atoms with van der Waals surface area (Å²) in [6.45, 7) is 4.43. The summed E-state index contributed by atoms with van der Waals surface area (Å²) < 4.78 is 5.43. The van der Waals surface area contributed by atoms with Crippen molar-refractivity contribution in [3.63, 3.8) is 0 Å². The summed E-state index contributed by atoms with van der Waals surface area (Å²) in [6.07, 6.45) is 0. The molecule has 0 radical (unpaired) electrons. The second kappa shape index (κ2) is 5.20. The molecule has 0 bridgehead atoms. The van der Waals surface area contributed by atoms with Crippen LogP contribution in [0.3, 0.4) is 0 Å². The summed E-state index contributed by atoms with van der Waals surface area (Å²) >= 11 is 0. The molecule has 0 spiro atoms. The number of nitrogens with two attached hydrogens (primary N) is 1. The van der Waals surface area contributed by atoms with E-state index in [4.69, 9.17) is 10.5 Å². The summed E-state index contributed by atoms with van der Waals surface area (Å²) in [5.41, 5.74) is 9.05. The number of para-hydroxylation sites is 1. The van der Waals surface area contributed by atoms with E-state index >= 15 is 0 Å². The molecule has 0 aliphatic rings. The second-order valence-corrected chi connectivity index (χ2v) is 2.59. The maximum atomic E-state index is 5.43. The van der Waals surface area contributed by atoms with Crippen LogP contribution >= 0.6 is 0 Å². The van der Waals surface area contributed by atoms with Gasteiger partial charge in [0, 0.05) is 12.1 Å². The molecule has 0 aliphatic carbocycles. The van der Waals surface area contributed by atoms with Crippen molar-refractivity contribution in [1.82, 2.24) is 0 Å². The van der Waals surface area contributed by atoms with Gasteiger partial charge in [0.15, 0.2) is 0 Å². The van der Waals surface area contributed by atoms with E-state index in [-0.39, 0.29) is 0 Å². The fourth-order valence-corrected chi connectivity index (χ4v) is 0.869. The predicted octanol–water partition coefficient (Wildman–Crippen LogP) is 1.74. The molecule has 13 heavy (non-hydrogen) atoms. The van der Waals surface area contributed by atoms with Crippen molar-refractivity contribution in [2.24, 2.45) is 5.73 Å². The minimum absolute atomic E-state index is 0.441. The van der Waals surface area contributed by atoms with Crippen LogP contribution in [-0.4, -0.2) is 13.2 Å². The zero-order valence-electron chi connectivity index (χ0n) is 7.49. The molecule has 0 unspecified atom stereocenters. The van der Waals surface area contributed by atoms with Crippen LogP contribution in [0, 0.1) is 0 Å². The third-order valence-corrected chi connectivity index (χ3v) is 1.65. The van der Waals surface area contributed by atoms with Gasteiger partial charge < -0.3 is 10.5 Å². The van der Waals surface area contributed by atoms with Crippen LogP contribution in [0.15, 0.2) is 48.2 Å². The molecular weight excluding hydrogens is 162 g/mol. The molecule has 2 nitrogen and oxygen atoms in total. The minimum atomic E-state index is 0.441. The largest absolute Gasteiger partial charge is 0.489 e. The highest BCUT2D eigenvalue weighted by atomic mass is 16.5. The lowest BCUT2D eigenvalue weighted by Gasteiger charge is -2.05. The molecule has 0 aliphatic heterocycles. The molecule has 0 aromatic heterocycles. The van der Waals surface area contributed by atoms with Gasteiger partial charge in [-0.2, -0.15) is 0 Å². The van der Waals surface area contributed by atoms with Crippen molar-refractivity contribution in [2.45, 2.75) is 0 Å². The van der Waals surface area contributed by atoms with Crippen LogP contribution in [-0.2, 0) is 0 Å². The summed E-state index contributed by atoms with van der Waals surface area (Å²) in [5.74, 6) is 0.837. The summed E-state index contributed by atoms with van der Waals surface area (Å²) in [7, 11) is 0. The van der Waals surface area contributed by atoms with Crippen molar-refractivity contribution in [1.29, 1.82) is 0 Å². The lowest BCUT2D eigenvalue weighted by atomic mass is 10.3. The van der Waals surface area contributed by atoms with E-state index < -0.39 is 0 Å². The van der Waals surface area contributed by atoms with E-state index in [1.165, 1.54) is 0 Å². The molecule has 2 N–H and O–H groups in total. The number of hydrogen-bond donors (Lipinski definition) is 1. The summed E-state index contributed by atoms with van der Waals surface area (Å²) in [6, 6.07) is 9.60. The van der Waals surface area contributed by atoms with Gasteiger partial charge in [-0.05, 0) is 12.1 Å². The Bertz CT molecular complexity index is 299. The molecule has 0 saturated heterocycles. The fraction of sp³-hybridized carbons (Fsp3) is 0.182. The maximum Gasteiger partial charge on any atom is 0.119 e. The van der Waals surface area contributed by atoms with E-state index in [0.717, 1.165) is 11.3 Å². The Morgan fingerprint density at radius 2 is 2.08 bits per heavy atom. The van der Waals surface area contributed by atoms with E-state index in [1.54, 1.807) is 0 Å². The Kier molecular flexibility index (Phi) is 3.83. The van der Waals surface area contributed by atoms with Crippen LogP contribution in [0.25, 0.3) is 0 Å². The van der Waals surface area contributed by atoms with Gasteiger partial charge in [-0.25, -0.2) is 0 Å². The molecule has 0 atom stereocenters. The smallest absolute Gasteiger partial charge is 0.119 e. The first kappa shape index (κ1) is 9.59. The molecule has 2 heteroatoms. The second-order valence-electron chi connectivity index (χ2n) is 2.59. The molecule has 0 fully saturated rings. The van der Waals surface area contributed by atoms with Gasteiger partial charge in [-0.3, -0.25) is 0 Å². The normalized spacial score (nSPS) is 9.00. The molecule has 0 heterocycles. The van der Waals surface area contributed by atoms with E-state index in [0.29, 0.717) is 13.2 Å². The van der Waals surface area contributed by atoms with Crippen molar-refractivity contribution in [3.8, 4) is 5.75 Å². The first-order valence-electron chi connectivity index (χ1n) is 4.12. The molecule has 0 saturated carbocycles. The molecule has 1 rings (SSSR count). The molecule has 1 aromatic rings. The van der Waals surface area contributed by atoms with Crippen molar-refractivity contribution < 1.29 is 4.74 Å². The first-order chi connectivity index (χ1) is 6.36. The quantitative estimate of drug-likeness (QED) is 0.707. The summed E-state index contributed by atoms with van der Waals surface area (Å²) in [5, 5.41) is 0. The molecule has 1 aromatic carbocycles. The van der Waals surface area contributed by atoms with E-state index in [1.807, 2.05) is 30.3 Å². The van der Waals surface area contributed by atoms with Crippen LogP contribution < -0.4 is 10.5 Å². The average Bonchev–Trinajstić information content (AvgIpc) is 2.21. The Morgan fingerprint density at radius 1 is 1.38 bits per heavy atom. The zero-order chi connectivity index (χ0) is 9.52. The highest BCUT2D eigenvalue weighted by Crippen LogP contribution is 2.08. The van der Waals surface area contributed by atoms with Gasteiger partial charge in [0.25, 0.3) is 0 Å². The Balaban J connectivity index is 2.48. The molecule has 68 valence electrons. The minimum Gasteiger partial charge on any atom is -0.489 e. The Morgan fingerprint density at radius 3 is 2.62 bits per heavy atom. The predicted molar refractivity (Wildman–Crippen MR) is 53.6 cm³/mol. The van der Waals surface area contributed by atoms with Crippen molar-refractivity contribution in [3.05, 3.63) is 48.2 Å². The third kappa shape index (κ3) is 3.16. The standard InChI is InChI=1S/C11H13NO/c1-2-10(8-12)9-13-11-6-4-3-5-7-11/h3-7H,1,8-9,12H2. The Hall–Kier alpha value is -1.50. The van der Waals surface area contributed by atoms with Gasteiger partial charge in [0.2, 0.25) is 0 Å². The fourth-order valence-electron chi connectivity index (χ4n) is 0.869. The number of hydrogen-bond acceptors (Lipinski definition) is 2. The number of rotatable bonds is 4. The Labute approximate surface area is 78.3 Å². The van der Waals surface area contributed by atoms with Crippen LogP contribution in [0.1, 0.15) is 0 Å². The van der Waals surface area contributed by atoms with Gasteiger partial charge >= 0.3 is 0 Å².